The first-order chi connectivity index (χ1) is 20.0. The number of nitrogens with zero attached hydrogens (tertiary/aromatic N) is 3. The first-order valence-electron chi connectivity index (χ1n) is 14.4. The van der Waals surface area contributed by atoms with Crippen molar-refractivity contribution in [1.29, 1.82) is 0 Å². The van der Waals surface area contributed by atoms with Gasteiger partial charge in [-0.25, -0.2) is 8.42 Å². The summed E-state index contributed by atoms with van der Waals surface area (Å²) in [7, 11) is 0.539. The number of carbonyl (C=O) groups is 2. The summed E-state index contributed by atoms with van der Waals surface area (Å²) in [6, 6.07) is 13.9. The fraction of sp³-hybridized carbons (Fsp3) is 0.452. The Kier molecular flexibility index (Phi) is 10.8. The lowest BCUT2D eigenvalue weighted by Crippen LogP contribution is -2.27. The molecule has 3 aromatic rings. The molecule has 0 bridgehead atoms. The van der Waals surface area contributed by atoms with Gasteiger partial charge < -0.3 is 15.5 Å². The van der Waals surface area contributed by atoms with Crippen molar-refractivity contribution in [3.63, 3.8) is 0 Å². The van der Waals surface area contributed by atoms with Gasteiger partial charge in [0, 0.05) is 30.6 Å². The number of aromatic nitrogens is 2. The summed E-state index contributed by atoms with van der Waals surface area (Å²) in [5, 5.41) is 10.6. The first kappa shape index (κ1) is 31.7. The van der Waals surface area contributed by atoms with Gasteiger partial charge in [0.2, 0.25) is 5.91 Å². The van der Waals surface area contributed by atoms with E-state index < -0.39 is 15.8 Å². The van der Waals surface area contributed by atoms with Gasteiger partial charge in [-0.1, -0.05) is 55.5 Å². The molecule has 0 saturated heterocycles. The number of halogens is 1. The maximum absolute atomic E-state index is 13.5. The zero-order chi connectivity index (χ0) is 30.3. The third-order valence-corrected chi connectivity index (χ3v) is 9.22. The Morgan fingerprint density at radius 2 is 1.81 bits per heavy atom. The fourth-order valence-corrected chi connectivity index (χ4v) is 6.72. The van der Waals surface area contributed by atoms with Crippen LogP contribution in [0.3, 0.4) is 0 Å². The van der Waals surface area contributed by atoms with Crippen LogP contribution in [0.2, 0.25) is 5.02 Å². The van der Waals surface area contributed by atoms with Crippen LogP contribution in [-0.2, 0) is 21.2 Å². The molecule has 1 atom stereocenters. The van der Waals surface area contributed by atoms with Crippen molar-refractivity contribution >= 4 is 39.1 Å². The van der Waals surface area contributed by atoms with Crippen molar-refractivity contribution < 1.29 is 18.0 Å². The second kappa shape index (κ2) is 14.3. The van der Waals surface area contributed by atoms with E-state index in [9.17, 15) is 18.0 Å². The number of anilines is 1. The van der Waals surface area contributed by atoms with E-state index >= 15 is 0 Å². The molecule has 4 rings (SSSR count). The molecule has 2 amide bonds. The molecule has 0 spiro atoms. The molecule has 0 unspecified atom stereocenters. The number of carbonyl (C=O) groups excluding carboxylic acids is 2. The Balaban J connectivity index is 1.39. The number of rotatable bonds is 13. The van der Waals surface area contributed by atoms with Gasteiger partial charge in [-0.15, -0.1) is 0 Å². The second-order valence-corrected chi connectivity index (χ2v) is 13.8. The summed E-state index contributed by atoms with van der Waals surface area (Å²) in [6.07, 6.45) is 8.92. The number of nitrogens with one attached hydrogen (secondary N) is 2. The summed E-state index contributed by atoms with van der Waals surface area (Å²) >= 11 is 6.34. The molecule has 1 aliphatic carbocycles. The van der Waals surface area contributed by atoms with Crippen molar-refractivity contribution in [1.82, 2.24) is 20.0 Å². The third-order valence-electron chi connectivity index (χ3n) is 7.64. The van der Waals surface area contributed by atoms with E-state index in [1.165, 1.54) is 6.07 Å². The summed E-state index contributed by atoms with van der Waals surface area (Å²) in [5.41, 5.74) is 2.27. The van der Waals surface area contributed by atoms with Gasteiger partial charge in [0.05, 0.1) is 22.4 Å². The summed E-state index contributed by atoms with van der Waals surface area (Å²) in [4.78, 5) is 28.1. The molecule has 1 aliphatic rings. The number of hydrogen-bond acceptors (Lipinski definition) is 6. The lowest BCUT2D eigenvalue weighted by atomic mass is 9.87. The highest BCUT2D eigenvalue weighted by molar-refractivity contribution is 7.90. The Morgan fingerprint density at radius 3 is 2.45 bits per heavy atom. The molecule has 0 radical (unpaired) electrons. The van der Waals surface area contributed by atoms with Crippen LogP contribution in [0.25, 0.3) is 0 Å². The maximum atomic E-state index is 13.5. The van der Waals surface area contributed by atoms with E-state index in [1.54, 1.807) is 41.2 Å². The van der Waals surface area contributed by atoms with Gasteiger partial charge in [-0.05, 0) is 74.8 Å². The smallest absolute Gasteiger partial charge is 0.251 e. The standard InChI is InChI=1S/C31H40ClN5O4S/c1-36(2)17-6-16-33-30(38)24-11-9-23(10-12-24)21-37-18-15-29(35-37)34-31(39)26(19-22-7-4-5-8-22)25-13-14-28(27(32)20-25)42(3,40)41/h9-15,18,20,22,26H,4-8,16-17,19,21H2,1-3H3,(H,33,38)(H,34,35,39)/t26-/m1/s1. The summed E-state index contributed by atoms with van der Waals surface area (Å²) in [6.45, 7) is 2.02. The zero-order valence-electron chi connectivity index (χ0n) is 24.5. The monoisotopic (exact) mass is 613 g/mol. The molecule has 1 fully saturated rings. The van der Waals surface area contributed by atoms with Crippen LogP contribution in [-0.4, -0.2) is 68.4 Å². The van der Waals surface area contributed by atoms with Crippen molar-refractivity contribution in [2.75, 3.05) is 38.8 Å². The van der Waals surface area contributed by atoms with Gasteiger partial charge in [0.15, 0.2) is 15.7 Å². The molecule has 2 N–H and O–H groups in total. The minimum Gasteiger partial charge on any atom is -0.352 e. The van der Waals surface area contributed by atoms with Crippen molar-refractivity contribution in [3.05, 3.63) is 76.4 Å². The van der Waals surface area contributed by atoms with Crippen LogP contribution in [0.1, 0.15) is 65.9 Å². The number of amides is 2. The molecule has 0 aliphatic heterocycles. The average molecular weight is 614 g/mol. The maximum Gasteiger partial charge on any atom is 0.251 e. The van der Waals surface area contributed by atoms with Crippen LogP contribution in [0, 0.1) is 5.92 Å². The minimum absolute atomic E-state index is 0.0559. The number of hydrogen-bond donors (Lipinski definition) is 2. The lowest BCUT2D eigenvalue weighted by molar-refractivity contribution is -0.118. The number of benzene rings is 2. The zero-order valence-corrected chi connectivity index (χ0v) is 26.0. The quantitative estimate of drug-likeness (QED) is 0.263. The Hall–Kier alpha value is -3.21. The van der Waals surface area contributed by atoms with Gasteiger partial charge in [0.1, 0.15) is 0 Å². The third kappa shape index (κ3) is 8.89. The van der Waals surface area contributed by atoms with Gasteiger partial charge >= 0.3 is 0 Å². The highest BCUT2D eigenvalue weighted by atomic mass is 35.5. The van der Waals surface area contributed by atoms with E-state index in [2.05, 4.69) is 20.6 Å². The van der Waals surface area contributed by atoms with Crippen LogP contribution in [0.5, 0.6) is 0 Å². The highest BCUT2D eigenvalue weighted by Gasteiger charge is 2.28. The predicted molar refractivity (Wildman–Crippen MR) is 166 cm³/mol. The minimum atomic E-state index is -3.47. The fourth-order valence-electron chi connectivity index (χ4n) is 5.39. The van der Waals surface area contributed by atoms with E-state index in [-0.39, 0.29) is 21.7 Å². The molecular weight excluding hydrogens is 574 g/mol. The normalized spacial score (nSPS) is 14.7. The van der Waals surface area contributed by atoms with Crippen molar-refractivity contribution in [2.45, 2.75) is 55.9 Å². The SMILES string of the molecule is CN(C)CCCNC(=O)c1ccc(Cn2ccc(NC(=O)[C@H](CC3CCCC3)c3ccc(S(C)(=O)=O)c(Cl)c3)n2)cc1. The Bertz CT molecular complexity index is 1480. The van der Waals surface area contributed by atoms with Crippen molar-refractivity contribution in [3.8, 4) is 0 Å². The predicted octanol–water partition coefficient (Wildman–Crippen LogP) is 4.97. The molecule has 1 heterocycles. The van der Waals surface area contributed by atoms with E-state index in [1.807, 2.05) is 26.2 Å². The first-order valence-corrected chi connectivity index (χ1v) is 16.6. The second-order valence-electron chi connectivity index (χ2n) is 11.4. The summed E-state index contributed by atoms with van der Waals surface area (Å²) in [5.74, 6) is 0.0877. The molecule has 9 nitrogen and oxygen atoms in total. The van der Waals surface area contributed by atoms with E-state index in [4.69, 9.17) is 11.6 Å². The van der Waals surface area contributed by atoms with Crippen LogP contribution in [0.15, 0.2) is 59.6 Å². The topological polar surface area (TPSA) is 113 Å². The summed E-state index contributed by atoms with van der Waals surface area (Å²) < 4.78 is 25.8. The average Bonchev–Trinajstić information content (AvgIpc) is 3.61. The number of sulfone groups is 1. The molecule has 1 aromatic heterocycles. The largest absolute Gasteiger partial charge is 0.352 e. The van der Waals surface area contributed by atoms with Gasteiger partial charge in [0.25, 0.3) is 5.91 Å². The molecule has 11 heteroatoms. The molecule has 42 heavy (non-hydrogen) atoms. The Morgan fingerprint density at radius 1 is 1.10 bits per heavy atom. The van der Waals surface area contributed by atoms with Gasteiger partial charge in [-0.3, -0.25) is 14.3 Å². The lowest BCUT2D eigenvalue weighted by Gasteiger charge is -2.21. The van der Waals surface area contributed by atoms with E-state index in [0.29, 0.717) is 42.4 Å². The van der Waals surface area contributed by atoms with Crippen molar-refractivity contribution in [2.24, 2.45) is 5.92 Å². The van der Waals surface area contributed by atoms with E-state index in [0.717, 1.165) is 50.5 Å². The Labute approximate surface area is 253 Å². The highest BCUT2D eigenvalue weighted by Crippen LogP contribution is 2.36. The molecule has 2 aromatic carbocycles. The van der Waals surface area contributed by atoms with Crippen LogP contribution in [0.4, 0.5) is 5.82 Å². The van der Waals surface area contributed by atoms with Crippen LogP contribution < -0.4 is 10.6 Å². The molecule has 1 saturated carbocycles. The molecular formula is C31H40ClN5O4S. The molecule has 226 valence electrons. The van der Waals surface area contributed by atoms with Crippen LogP contribution >= 0.6 is 11.6 Å². The van der Waals surface area contributed by atoms with Gasteiger partial charge in [-0.2, -0.15) is 5.10 Å².